The standard InChI is InChI=1S/C14H18ClN3O/c1-14(7-3-2-4-12(14)19)9-17-13-6-5-10(15)11(8-16)18-13/h5-6,12,19H,2-4,7,9H2,1H3,(H,17,18). The molecule has 19 heavy (non-hydrogen) atoms. The maximum absolute atomic E-state index is 10.1. The highest BCUT2D eigenvalue weighted by molar-refractivity contribution is 6.31. The predicted octanol–water partition coefficient (Wildman–Crippen LogP) is 2.96. The van der Waals surface area contributed by atoms with Gasteiger partial charge in [-0.05, 0) is 25.0 Å². The molecule has 2 rings (SSSR count). The lowest BCUT2D eigenvalue weighted by Crippen LogP contribution is -2.41. The highest BCUT2D eigenvalue weighted by atomic mass is 35.5. The molecule has 2 atom stereocenters. The van der Waals surface area contributed by atoms with Crippen LogP contribution < -0.4 is 5.32 Å². The van der Waals surface area contributed by atoms with Gasteiger partial charge in [0.1, 0.15) is 11.9 Å². The SMILES string of the molecule is CC1(CNc2ccc(Cl)c(C#N)n2)CCCCC1O. The normalized spacial score (nSPS) is 26.7. The molecule has 0 aliphatic heterocycles. The number of hydrogen-bond donors (Lipinski definition) is 2. The van der Waals surface area contributed by atoms with Crippen LogP contribution in [0.2, 0.25) is 5.02 Å². The van der Waals surface area contributed by atoms with Gasteiger partial charge in [-0.3, -0.25) is 0 Å². The van der Waals surface area contributed by atoms with Crippen molar-refractivity contribution in [1.82, 2.24) is 4.98 Å². The molecule has 0 radical (unpaired) electrons. The summed E-state index contributed by atoms with van der Waals surface area (Å²) in [6.07, 6.45) is 3.81. The number of aromatic nitrogens is 1. The summed E-state index contributed by atoms with van der Waals surface area (Å²) in [7, 11) is 0. The van der Waals surface area contributed by atoms with Crippen LogP contribution in [0.1, 0.15) is 38.3 Å². The highest BCUT2D eigenvalue weighted by Crippen LogP contribution is 2.36. The van der Waals surface area contributed by atoms with E-state index in [1.165, 1.54) is 0 Å². The molecule has 0 aromatic carbocycles. The number of aliphatic hydroxyl groups excluding tert-OH is 1. The van der Waals surface area contributed by atoms with Gasteiger partial charge in [0.05, 0.1) is 11.1 Å². The Morgan fingerprint density at radius 2 is 2.37 bits per heavy atom. The summed E-state index contributed by atoms with van der Waals surface area (Å²) in [5.41, 5.74) is 0.0906. The summed E-state index contributed by atoms with van der Waals surface area (Å²) in [6.45, 7) is 2.73. The molecule has 1 fully saturated rings. The molecule has 2 N–H and O–H groups in total. The van der Waals surface area contributed by atoms with Crippen molar-refractivity contribution in [1.29, 1.82) is 5.26 Å². The summed E-state index contributed by atoms with van der Waals surface area (Å²) in [6, 6.07) is 5.37. The highest BCUT2D eigenvalue weighted by Gasteiger charge is 2.35. The smallest absolute Gasteiger partial charge is 0.161 e. The molecule has 0 spiro atoms. The van der Waals surface area contributed by atoms with Gasteiger partial charge in [0, 0.05) is 12.0 Å². The molecule has 0 saturated heterocycles. The lowest BCUT2D eigenvalue weighted by Gasteiger charge is -2.38. The third-order valence-electron chi connectivity index (χ3n) is 3.91. The van der Waals surface area contributed by atoms with E-state index < -0.39 is 0 Å². The molecule has 102 valence electrons. The zero-order valence-corrected chi connectivity index (χ0v) is 11.7. The Balaban J connectivity index is 2.04. The summed E-state index contributed by atoms with van der Waals surface area (Å²) in [4.78, 5) is 4.15. The van der Waals surface area contributed by atoms with E-state index >= 15 is 0 Å². The van der Waals surface area contributed by atoms with Crippen LogP contribution in [0.4, 0.5) is 5.82 Å². The first kappa shape index (κ1) is 14.1. The lowest BCUT2D eigenvalue weighted by molar-refractivity contribution is 0.00958. The van der Waals surface area contributed by atoms with E-state index in [4.69, 9.17) is 16.9 Å². The number of nitrogens with zero attached hydrogens (tertiary/aromatic N) is 2. The second kappa shape index (κ2) is 5.77. The third-order valence-corrected chi connectivity index (χ3v) is 4.21. The van der Waals surface area contributed by atoms with Crippen molar-refractivity contribution in [3.8, 4) is 6.07 Å². The Morgan fingerprint density at radius 1 is 1.58 bits per heavy atom. The Hall–Kier alpha value is -1.31. The number of anilines is 1. The first-order valence-electron chi connectivity index (χ1n) is 6.54. The van der Waals surface area contributed by atoms with Crippen molar-refractivity contribution in [2.45, 2.75) is 38.7 Å². The van der Waals surface area contributed by atoms with Gasteiger partial charge in [-0.2, -0.15) is 5.26 Å². The molecule has 1 aromatic heterocycles. The maximum atomic E-state index is 10.1. The van der Waals surface area contributed by atoms with Crippen molar-refractivity contribution in [3.05, 3.63) is 22.8 Å². The fourth-order valence-electron chi connectivity index (χ4n) is 2.50. The van der Waals surface area contributed by atoms with E-state index in [-0.39, 0.29) is 17.2 Å². The zero-order valence-electron chi connectivity index (χ0n) is 11.0. The second-order valence-electron chi connectivity index (χ2n) is 5.41. The molecule has 1 heterocycles. The van der Waals surface area contributed by atoms with Crippen LogP contribution in [-0.4, -0.2) is 22.7 Å². The molecule has 1 aromatic rings. The molecule has 0 amide bonds. The second-order valence-corrected chi connectivity index (χ2v) is 5.82. The molecular formula is C14H18ClN3O. The number of halogens is 1. The Kier molecular flexibility index (Phi) is 4.28. The number of pyridine rings is 1. The Labute approximate surface area is 118 Å². The van der Waals surface area contributed by atoms with Crippen LogP contribution in [0.15, 0.2) is 12.1 Å². The molecule has 5 heteroatoms. The van der Waals surface area contributed by atoms with Gasteiger partial charge < -0.3 is 10.4 Å². The summed E-state index contributed by atoms with van der Waals surface area (Å²) in [5.74, 6) is 0.625. The zero-order chi connectivity index (χ0) is 13.9. The fourth-order valence-corrected chi connectivity index (χ4v) is 2.65. The number of rotatable bonds is 3. The Morgan fingerprint density at radius 3 is 3.05 bits per heavy atom. The molecule has 1 saturated carbocycles. The van der Waals surface area contributed by atoms with Gasteiger partial charge in [0.25, 0.3) is 0 Å². The molecule has 4 nitrogen and oxygen atoms in total. The van der Waals surface area contributed by atoms with Gasteiger partial charge in [-0.15, -0.1) is 0 Å². The van der Waals surface area contributed by atoms with Gasteiger partial charge in [-0.1, -0.05) is 31.4 Å². The van der Waals surface area contributed by atoms with E-state index in [1.54, 1.807) is 12.1 Å². The van der Waals surface area contributed by atoms with Crippen molar-refractivity contribution in [2.75, 3.05) is 11.9 Å². The number of hydrogen-bond acceptors (Lipinski definition) is 4. The number of nitriles is 1. The van der Waals surface area contributed by atoms with Crippen LogP contribution in [0.3, 0.4) is 0 Å². The first-order chi connectivity index (χ1) is 9.05. The monoisotopic (exact) mass is 279 g/mol. The Bertz CT molecular complexity index is 500. The largest absolute Gasteiger partial charge is 0.392 e. The quantitative estimate of drug-likeness (QED) is 0.892. The van der Waals surface area contributed by atoms with Gasteiger partial charge in [-0.25, -0.2) is 4.98 Å². The van der Waals surface area contributed by atoms with E-state index in [9.17, 15) is 5.11 Å². The van der Waals surface area contributed by atoms with Crippen molar-refractivity contribution in [3.63, 3.8) is 0 Å². The molecule has 2 unspecified atom stereocenters. The van der Waals surface area contributed by atoms with Gasteiger partial charge in [0.15, 0.2) is 5.69 Å². The number of aliphatic hydroxyl groups is 1. The van der Waals surface area contributed by atoms with Crippen LogP contribution in [0.5, 0.6) is 0 Å². The van der Waals surface area contributed by atoms with Gasteiger partial charge >= 0.3 is 0 Å². The van der Waals surface area contributed by atoms with Crippen LogP contribution in [0, 0.1) is 16.7 Å². The van der Waals surface area contributed by atoms with Crippen LogP contribution >= 0.6 is 11.6 Å². The topological polar surface area (TPSA) is 68.9 Å². The molecule has 1 aliphatic carbocycles. The molecule has 0 bridgehead atoms. The number of nitrogens with one attached hydrogen (secondary N) is 1. The van der Waals surface area contributed by atoms with Crippen molar-refractivity contribution < 1.29 is 5.11 Å². The third kappa shape index (κ3) is 3.17. The average Bonchev–Trinajstić information content (AvgIpc) is 2.41. The molecular weight excluding hydrogens is 262 g/mol. The van der Waals surface area contributed by atoms with Crippen LogP contribution in [0.25, 0.3) is 0 Å². The first-order valence-corrected chi connectivity index (χ1v) is 6.91. The van der Waals surface area contributed by atoms with E-state index in [0.717, 1.165) is 25.7 Å². The minimum Gasteiger partial charge on any atom is -0.392 e. The van der Waals surface area contributed by atoms with E-state index in [1.807, 2.05) is 6.07 Å². The van der Waals surface area contributed by atoms with E-state index in [2.05, 4.69) is 17.2 Å². The lowest BCUT2D eigenvalue weighted by atomic mass is 9.73. The fraction of sp³-hybridized carbons (Fsp3) is 0.571. The minimum atomic E-state index is -0.281. The summed E-state index contributed by atoms with van der Waals surface area (Å²) in [5, 5.41) is 22.6. The van der Waals surface area contributed by atoms with Crippen molar-refractivity contribution in [2.24, 2.45) is 5.41 Å². The average molecular weight is 280 g/mol. The summed E-state index contributed by atoms with van der Waals surface area (Å²) >= 11 is 5.84. The van der Waals surface area contributed by atoms with Crippen LogP contribution in [-0.2, 0) is 0 Å². The summed E-state index contributed by atoms with van der Waals surface area (Å²) < 4.78 is 0. The van der Waals surface area contributed by atoms with Crippen molar-refractivity contribution >= 4 is 17.4 Å². The molecule has 1 aliphatic rings. The maximum Gasteiger partial charge on any atom is 0.161 e. The minimum absolute atomic E-state index is 0.133. The predicted molar refractivity (Wildman–Crippen MR) is 75.0 cm³/mol. The van der Waals surface area contributed by atoms with E-state index in [0.29, 0.717) is 17.4 Å². The van der Waals surface area contributed by atoms with Gasteiger partial charge in [0.2, 0.25) is 0 Å².